The summed E-state index contributed by atoms with van der Waals surface area (Å²) in [5.41, 5.74) is 10.6. The Hall–Kier alpha value is -4.11. The lowest BCUT2D eigenvalue weighted by Crippen LogP contribution is -2.27. The van der Waals surface area contributed by atoms with E-state index >= 15 is 0 Å². The van der Waals surface area contributed by atoms with Crippen LogP contribution in [-0.4, -0.2) is 37.4 Å². The first-order chi connectivity index (χ1) is 15.3. The second-order valence-corrected chi connectivity index (χ2v) is 7.65. The molecule has 1 heterocycles. The molecule has 0 saturated heterocycles. The van der Waals surface area contributed by atoms with Crippen molar-refractivity contribution in [3.8, 4) is 11.8 Å². The first-order valence-corrected chi connectivity index (χ1v) is 10.2. The molecule has 162 valence electrons. The molecule has 2 aromatic carbocycles. The molecular weight excluding hydrogens is 398 g/mol. The third kappa shape index (κ3) is 5.13. The van der Waals surface area contributed by atoms with Gasteiger partial charge in [0.2, 0.25) is 0 Å². The average Bonchev–Trinajstić information content (AvgIpc) is 2.80. The van der Waals surface area contributed by atoms with E-state index in [1.54, 1.807) is 18.1 Å². The number of benzene rings is 2. The number of nitrogen functional groups attached to an aromatic ring is 1. The van der Waals surface area contributed by atoms with Crippen LogP contribution >= 0.6 is 0 Å². The summed E-state index contributed by atoms with van der Waals surface area (Å²) in [7, 11) is 3.69. The molecule has 0 bridgehead atoms. The van der Waals surface area contributed by atoms with E-state index in [9.17, 15) is 4.79 Å². The predicted octanol–water partition coefficient (Wildman–Crippen LogP) is 3.75. The first kappa shape index (κ1) is 22.6. The zero-order valence-corrected chi connectivity index (χ0v) is 18.8. The van der Waals surface area contributed by atoms with Gasteiger partial charge in [-0.25, -0.2) is 4.98 Å². The number of hydrogen-bond donors (Lipinski definition) is 2. The zero-order chi connectivity index (χ0) is 23.3. The summed E-state index contributed by atoms with van der Waals surface area (Å²) < 4.78 is 0. The smallest absolute Gasteiger partial charge is 0.259 e. The summed E-state index contributed by atoms with van der Waals surface area (Å²) in [5, 5.41) is 7.48. The summed E-state index contributed by atoms with van der Waals surface area (Å²) in [6, 6.07) is 16.8. The van der Waals surface area contributed by atoms with Crippen LogP contribution in [0.1, 0.15) is 32.6 Å². The molecule has 6 nitrogen and oxygen atoms in total. The highest BCUT2D eigenvalue weighted by Gasteiger charge is 2.17. The van der Waals surface area contributed by atoms with Gasteiger partial charge in [-0.1, -0.05) is 17.9 Å². The van der Waals surface area contributed by atoms with Crippen LogP contribution in [0.25, 0.3) is 0 Å². The second kappa shape index (κ2) is 9.80. The molecule has 0 radical (unpaired) electrons. The van der Waals surface area contributed by atoms with Crippen molar-refractivity contribution in [1.82, 2.24) is 4.98 Å². The van der Waals surface area contributed by atoms with Gasteiger partial charge < -0.3 is 10.6 Å². The number of nitrogens with one attached hydrogen (secondary N) is 1. The molecule has 0 aliphatic carbocycles. The van der Waals surface area contributed by atoms with E-state index < -0.39 is 0 Å². The Morgan fingerprint density at radius 3 is 2.41 bits per heavy atom. The number of aryl methyl sites for hydroxylation is 2. The fourth-order valence-electron chi connectivity index (χ4n) is 3.26. The van der Waals surface area contributed by atoms with Crippen molar-refractivity contribution in [2.75, 3.05) is 30.4 Å². The molecule has 0 saturated carbocycles. The minimum absolute atomic E-state index is 0.0537. The normalized spacial score (nSPS) is 10.1. The molecule has 32 heavy (non-hydrogen) atoms. The Morgan fingerprint density at radius 2 is 1.78 bits per heavy atom. The SMILES string of the molecule is Cc1cc(C(=O)N(C)c2ccccn2)c(C)cc1C#CCN(C)c1ccc(C(=N)N)cc1. The van der Waals surface area contributed by atoms with Gasteiger partial charge in [-0.2, -0.15) is 0 Å². The van der Waals surface area contributed by atoms with Crippen LogP contribution in [-0.2, 0) is 0 Å². The molecule has 0 aliphatic rings. The summed E-state index contributed by atoms with van der Waals surface area (Å²) in [6.45, 7) is 4.43. The molecular formula is C26H27N5O. The Morgan fingerprint density at radius 1 is 1.06 bits per heavy atom. The maximum atomic E-state index is 13.0. The van der Waals surface area contributed by atoms with Gasteiger partial charge >= 0.3 is 0 Å². The number of nitrogens with zero attached hydrogens (tertiary/aromatic N) is 3. The molecule has 0 atom stereocenters. The fourth-order valence-corrected chi connectivity index (χ4v) is 3.26. The lowest BCUT2D eigenvalue weighted by Gasteiger charge is -2.18. The number of rotatable bonds is 5. The summed E-state index contributed by atoms with van der Waals surface area (Å²) in [5.74, 6) is 7.00. The van der Waals surface area contributed by atoms with E-state index in [-0.39, 0.29) is 11.7 Å². The van der Waals surface area contributed by atoms with Crippen molar-refractivity contribution in [2.45, 2.75) is 13.8 Å². The van der Waals surface area contributed by atoms with Crippen LogP contribution in [0.4, 0.5) is 11.5 Å². The molecule has 0 unspecified atom stereocenters. The van der Waals surface area contributed by atoms with Crippen molar-refractivity contribution in [1.29, 1.82) is 5.41 Å². The Kier molecular flexibility index (Phi) is 6.91. The van der Waals surface area contributed by atoms with Crippen LogP contribution < -0.4 is 15.5 Å². The number of pyridine rings is 1. The average molecular weight is 426 g/mol. The minimum atomic E-state index is -0.0995. The highest BCUT2D eigenvalue weighted by atomic mass is 16.2. The minimum Gasteiger partial charge on any atom is -0.384 e. The summed E-state index contributed by atoms with van der Waals surface area (Å²) in [4.78, 5) is 20.8. The molecule has 3 rings (SSSR count). The Balaban J connectivity index is 1.74. The van der Waals surface area contributed by atoms with Gasteiger partial charge in [0.1, 0.15) is 11.7 Å². The quantitative estimate of drug-likeness (QED) is 0.370. The van der Waals surface area contributed by atoms with Crippen LogP contribution in [0.2, 0.25) is 0 Å². The van der Waals surface area contributed by atoms with E-state index in [1.165, 1.54) is 0 Å². The first-order valence-electron chi connectivity index (χ1n) is 10.2. The van der Waals surface area contributed by atoms with Crippen molar-refractivity contribution < 1.29 is 4.79 Å². The van der Waals surface area contributed by atoms with Gasteiger partial charge in [0.05, 0.1) is 6.54 Å². The Labute approximate surface area is 189 Å². The molecule has 1 aromatic heterocycles. The number of anilines is 2. The van der Waals surface area contributed by atoms with E-state index in [2.05, 4.69) is 16.8 Å². The van der Waals surface area contributed by atoms with E-state index in [0.29, 0.717) is 23.5 Å². The third-order valence-corrected chi connectivity index (χ3v) is 5.26. The van der Waals surface area contributed by atoms with Crippen molar-refractivity contribution in [3.63, 3.8) is 0 Å². The highest BCUT2D eigenvalue weighted by molar-refractivity contribution is 6.06. The number of hydrogen-bond acceptors (Lipinski definition) is 4. The van der Waals surface area contributed by atoms with Crippen LogP contribution in [0.15, 0.2) is 60.8 Å². The van der Waals surface area contributed by atoms with E-state index in [1.807, 2.05) is 80.4 Å². The van der Waals surface area contributed by atoms with Gasteiger partial charge in [0.15, 0.2) is 0 Å². The Bertz CT molecular complexity index is 1190. The summed E-state index contributed by atoms with van der Waals surface area (Å²) >= 11 is 0. The standard InChI is InChI=1S/C26H27N5O/c1-18-17-23(26(32)31(4)24-9-5-6-14-29-24)19(2)16-21(18)8-7-15-30(3)22-12-10-20(11-13-22)25(27)28/h5-6,9-14,16-17H,15H2,1-4H3,(H3,27,28). The molecule has 0 fully saturated rings. The zero-order valence-electron chi connectivity index (χ0n) is 18.8. The van der Waals surface area contributed by atoms with Crippen LogP contribution in [0.3, 0.4) is 0 Å². The number of carbonyl (C=O) groups is 1. The topological polar surface area (TPSA) is 86.3 Å². The molecule has 3 aromatic rings. The molecule has 6 heteroatoms. The van der Waals surface area contributed by atoms with Crippen molar-refractivity contribution in [2.24, 2.45) is 5.73 Å². The monoisotopic (exact) mass is 425 g/mol. The lowest BCUT2D eigenvalue weighted by atomic mass is 9.99. The predicted molar refractivity (Wildman–Crippen MR) is 130 cm³/mol. The largest absolute Gasteiger partial charge is 0.384 e. The van der Waals surface area contributed by atoms with Gasteiger partial charge in [-0.15, -0.1) is 0 Å². The highest BCUT2D eigenvalue weighted by Crippen LogP contribution is 2.19. The number of nitrogens with two attached hydrogens (primary N) is 1. The van der Waals surface area contributed by atoms with Crippen molar-refractivity contribution >= 4 is 23.2 Å². The molecule has 3 N–H and O–H groups in total. The van der Waals surface area contributed by atoms with Gasteiger partial charge in [0.25, 0.3) is 5.91 Å². The van der Waals surface area contributed by atoms with Gasteiger partial charge in [-0.3, -0.25) is 15.1 Å². The van der Waals surface area contributed by atoms with Gasteiger partial charge in [-0.05, 0) is 73.5 Å². The fraction of sp³-hybridized carbons (Fsp3) is 0.192. The molecule has 0 spiro atoms. The van der Waals surface area contributed by atoms with Crippen LogP contribution in [0.5, 0.6) is 0 Å². The van der Waals surface area contributed by atoms with Crippen LogP contribution in [0, 0.1) is 31.1 Å². The third-order valence-electron chi connectivity index (χ3n) is 5.26. The van der Waals surface area contributed by atoms with E-state index in [0.717, 1.165) is 22.4 Å². The number of carbonyl (C=O) groups excluding carboxylic acids is 1. The maximum Gasteiger partial charge on any atom is 0.259 e. The molecule has 1 amide bonds. The number of amides is 1. The number of amidine groups is 1. The second-order valence-electron chi connectivity index (χ2n) is 7.65. The summed E-state index contributed by atoms with van der Waals surface area (Å²) in [6.07, 6.45) is 1.67. The van der Waals surface area contributed by atoms with E-state index in [4.69, 9.17) is 11.1 Å². The van der Waals surface area contributed by atoms with Gasteiger partial charge in [0, 0.05) is 42.7 Å². The van der Waals surface area contributed by atoms with Crippen molar-refractivity contribution in [3.05, 3.63) is 88.6 Å². The maximum absolute atomic E-state index is 13.0. The number of aromatic nitrogens is 1. The lowest BCUT2D eigenvalue weighted by molar-refractivity contribution is 0.0991. The molecule has 0 aliphatic heterocycles.